The van der Waals surface area contributed by atoms with Gasteiger partial charge in [-0.15, -0.1) is 0 Å². The summed E-state index contributed by atoms with van der Waals surface area (Å²) in [5.41, 5.74) is 1.45. The van der Waals surface area contributed by atoms with E-state index in [4.69, 9.17) is 39.5 Å². The molecule has 0 spiro atoms. The lowest BCUT2D eigenvalue weighted by atomic mass is 10.1. The van der Waals surface area contributed by atoms with E-state index in [0.29, 0.717) is 26.4 Å². The molecule has 0 aliphatic heterocycles. The molecule has 0 saturated carbocycles. The minimum Gasteiger partial charge on any atom is -0.486 e. The predicted octanol–water partition coefficient (Wildman–Crippen LogP) is 5.04. The highest BCUT2D eigenvalue weighted by Crippen LogP contribution is 2.36. The molecule has 2 aromatic rings. The number of carbonyl (C=O) groups excluding carboxylic acids is 1. The van der Waals surface area contributed by atoms with Crippen molar-refractivity contribution < 1.29 is 9.53 Å². The molecule has 2 nitrogen and oxygen atoms in total. The van der Waals surface area contributed by atoms with E-state index in [2.05, 4.69) is 0 Å². The van der Waals surface area contributed by atoms with Crippen molar-refractivity contribution in [1.82, 2.24) is 0 Å². The van der Waals surface area contributed by atoms with Crippen LogP contribution < -0.4 is 4.74 Å². The smallest absolute Gasteiger partial charge is 0.157 e. The third kappa shape index (κ3) is 3.63. The molecule has 0 atom stereocenters. The van der Waals surface area contributed by atoms with Crippen LogP contribution in [-0.2, 0) is 6.61 Å². The first-order valence-electron chi connectivity index (χ1n) is 5.41. The van der Waals surface area contributed by atoms with Gasteiger partial charge in [0.2, 0.25) is 0 Å². The van der Waals surface area contributed by atoms with Crippen LogP contribution in [0.5, 0.6) is 5.75 Å². The van der Waals surface area contributed by atoms with E-state index in [1.54, 1.807) is 30.3 Å². The van der Waals surface area contributed by atoms with Gasteiger partial charge in [-0.05, 0) is 23.8 Å². The van der Waals surface area contributed by atoms with Gasteiger partial charge in [0.05, 0.1) is 10.0 Å². The second kappa shape index (κ2) is 6.29. The lowest BCUT2D eigenvalue weighted by Gasteiger charge is -2.10. The number of hydrogen-bond acceptors (Lipinski definition) is 2. The molecular formula is C14H9Cl3O2. The summed E-state index contributed by atoms with van der Waals surface area (Å²) in [6.07, 6.45) is 0.783. The highest BCUT2D eigenvalue weighted by Gasteiger charge is 2.09. The van der Waals surface area contributed by atoms with E-state index in [1.165, 1.54) is 0 Å². The zero-order valence-corrected chi connectivity index (χ0v) is 12.0. The minimum atomic E-state index is 0.267. The fraction of sp³-hybridized carbons (Fsp3) is 0.0714. The van der Waals surface area contributed by atoms with Crippen molar-refractivity contribution >= 4 is 41.1 Å². The van der Waals surface area contributed by atoms with Gasteiger partial charge in [0, 0.05) is 10.6 Å². The normalized spacial score (nSPS) is 10.3. The highest BCUT2D eigenvalue weighted by atomic mass is 35.5. The van der Waals surface area contributed by atoms with Crippen molar-refractivity contribution in [1.29, 1.82) is 0 Å². The lowest BCUT2D eigenvalue weighted by Crippen LogP contribution is -1.97. The van der Waals surface area contributed by atoms with Gasteiger partial charge in [-0.25, -0.2) is 0 Å². The van der Waals surface area contributed by atoms with Crippen LogP contribution in [0.15, 0.2) is 36.4 Å². The molecule has 0 aromatic heterocycles. The van der Waals surface area contributed by atoms with Gasteiger partial charge in [0.25, 0.3) is 0 Å². The zero-order chi connectivity index (χ0) is 13.8. The summed E-state index contributed by atoms with van der Waals surface area (Å²) in [6, 6.07) is 10.2. The first-order valence-corrected chi connectivity index (χ1v) is 6.55. The number of ether oxygens (including phenoxy) is 1. The number of halogens is 3. The zero-order valence-electron chi connectivity index (χ0n) is 9.70. The molecule has 2 rings (SSSR count). The highest BCUT2D eigenvalue weighted by molar-refractivity contribution is 6.40. The second-order valence-electron chi connectivity index (χ2n) is 3.85. The van der Waals surface area contributed by atoms with Crippen LogP contribution in [0.4, 0.5) is 0 Å². The quantitative estimate of drug-likeness (QED) is 0.739. The summed E-state index contributed by atoms with van der Waals surface area (Å²) in [5, 5.41) is 1.15. The Balaban J connectivity index is 2.16. The average molecular weight is 316 g/mol. The maximum atomic E-state index is 10.7. The molecule has 19 heavy (non-hydrogen) atoms. The lowest BCUT2D eigenvalue weighted by molar-refractivity contribution is 0.112. The third-order valence-corrected chi connectivity index (χ3v) is 3.21. The van der Waals surface area contributed by atoms with E-state index < -0.39 is 0 Å². The Morgan fingerprint density at radius 2 is 1.74 bits per heavy atom. The number of rotatable bonds is 4. The van der Waals surface area contributed by atoms with Crippen molar-refractivity contribution in [3.8, 4) is 5.75 Å². The van der Waals surface area contributed by atoms with Gasteiger partial charge in [0.1, 0.15) is 12.9 Å². The summed E-state index contributed by atoms with van der Waals surface area (Å²) < 4.78 is 5.57. The Bertz CT molecular complexity index is 588. The number of carbonyl (C=O) groups is 1. The van der Waals surface area contributed by atoms with Gasteiger partial charge in [0.15, 0.2) is 5.75 Å². The van der Waals surface area contributed by atoms with Crippen LogP contribution in [0, 0.1) is 0 Å². The summed E-state index contributed by atoms with van der Waals surface area (Å²) in [6.45, 7) is 0.267. The average Bonchev–Trinajstić information content (AvgIpc) is 2.37. The topological polar surface area (TPSA) is 26.3 Å². The SMILES string of the molecule is O=Cc1cccc(COc2c(Cl)cc(Cl)cc2Cl)c1. The first kappa shape index (κ1) is 14.2. The number of benzene rings is 2. The van der Waals surface area contributed by atoms with E-state index in [9.17, 15) is 4.79 Å². The number of aldehydes is 1. The summed E-state index contributed by atoms with van der Waals surface area (Å²) in [4.78, 5) is 10.7. The molecule has 0 fully saturated rings. The van der Waals surface area contributed by atoms with Crippen LogP contribution >= 0.6 is 34.8 Å². The van der Waals surface area contributed by atoms with Crippen LogP contribution in [0.3, 0.4) is 0 Å². The van der Waals surface area contributed by atoms with Gasteiger partial charge >= 0.3 is 0 Å². The van der Waals surface area contributed by atoms with Crippen LogP contribution in [-0.4, -0.2) is 6.29 Å². The molecule has 5 heteroatoms. The predicted molar refractivity (Wildman–Crippen MR) is 77.6 cm³/mol. The molecule has 0 bridgehead atoms. The van der Waals surface area contributed by atoms with Crippen molar-refractivity contribution in [2.45, 2.75) is 6.61 Å². The Labute approximate surface area is 125 Å². The van der Waals surface area contributed by atoms with E-state index in [-0.39, 0.29) is 6.61 Å². The van der Waals surface area contributed by atoms with Crippen molar-refractivity contribution in [2.75, 3.05) is 0 Å². The Morgan fingerprint density at radius 1 is 1.05 bits per heavy atom. The van der Waals surface area contributed by atoms with Crippen LogP contribution in [0.1, 0.15) is 15.9 Å². The molecule has 0 heterocycles. The van der Waals surface area contributed by atoms with Crippen molar-refractivity contribution in [3.63, 3.8) is 0 Å². The van der Waals surface area contributed by atoms with Crippen LogP contribution in [0.25, 0.3) is 0 Å². The van der Waals surface area contributed by atoms with Gasteiger partial charge < -0.3 is 4.74 Å². The van der Waals surface area contributed by atoms with Crippen molar-refractivity contribution in [2.24, 2.45) is 0 Å². The van der Waals surface area contributed by atoms with E-state index in [0.717, 1.165) is 11.8 Å². The van der Waals surface area contributed by atoms with E-state index in [1.807, 2.05) is 6.07 Å². The van der Waals surface area contributed by atoms with Crippen LogP contribution in [0.2, 0.25) is 15.1 Å². The standard InChI is InChI=1S/C14H9Cl3O2/c15-11-5-12(16)14(13(17)6-11)19-8-10-3-1-2-9(4-10)7-18/h1-7H,8H2. The summed E-state index contributed by atoms with van der Waals surface area (Å²) in [5.74, 6) is 0.379. The van der Waals surface area contributed by atoms with Gasteiger partial charge in [-0.2, -0.15) is 0 Å². The monoisotopic (exact) mass is 314 g/mol. The van der Waals surface area contributed by atoms with Gasteiger partial charge in [-0.1, -0.05) is 53.0 Å². The second-order valence-corrected chi connectivity index (χ2v) is 5.10. The molecular weight excluding hydrogens is 307 g/mol. The van der Waals surface area contributed by atoms with Crippen molar-refractivity contribution in [3.05, 3.63) is 62.6 Å². The fourth-order valence-corrected chi connectivity index (χ4v) is 2.50. The summed E-state index contributed by atoms with van der Waals surface area (Å²) in [7, 11) is 0. The molecule has 0 aliphatic carbocycles. The largest absolute Gasteiger partial charge is 0.486 e. The molecule has 0 saturated heterocycles. The first-order chi connectivity index (χ1) is 9.10. The fourth-order valence-electron chi connectivity index (χ4n) is 1.58. The molecule has 0 N–H and O–H groups in total. The Morgan fingerprint density at radius 3 is 2.37 bits per heavy atom. The molecule has 98 valence electrons. The molecule has 2 aromatic carbocycles. The maximum Gasteiger partial charge on any atom is 0.157 e. The van der Waals surface area contributed by atoms with E-state index >= 15 is 0 Å². The van der Waals surface area contributed by atoms with Gasteiger partial charge in [-0.3, -0.25) is 4.79 Å². The molecule has 0 unspecified atom stereocenters. The number of hydrogen-bond donors (Lipinski definition) is 0. The maximum absolute atomic E-state index is 10.7. The minimum absolute atomic E-state index is 0.267. The Hall–Kier alpha value is -1.22. The summed E-state index contributed by atoms with van der Waals surface area (Å²) >= 11 is 17.8. The third-order valence-electron chi connectivity index (χ3n) is 2.43. The molecule has 0 amide bonds. The Kier molecular flexibility index (Phi) is 4.70. The molecule has 0 aliphatic rings. The molecule has 0 radical (unpaired) electrons.